The Balaban J connectivity index is 1.90. The highest BCUT2D eigenvalue weighted by molar-refractivity contribution is 5.36. The highest BCUT2D eigenvalue weighted by atomic mass is 15.0. The SMILES string of the molecule is Cc1ccc(NC(C)C2CCCCC2)nc1. The normalized spacial score (nSPS) is 19.4. The first kappa shape index (κ1) is 11.4. The van der Waals surface area contributed by atoms with Crippen LogP contribution in [-0.4, -0.2) is 11.0 Å². The van der Waals surface area contributed by atoms with Crippen LogP contribution < -0.4 is 5.32 Å². The summed E-state index contributed by atoms with van der Waals surface area (Å²) in [5.41, 5.74) is 1.22. The second-order valence-corrected chi connectivity index (χ2v) is 5.05. The number of aromatic nitrogens is 1. The average Bonchev–Trinajstić information content (AvgIpc) is 2.33. The summed E-state index contributed by atoms with van der Waals surface area (Å²) in [6.07, 6.45) is 8.90. The van der Waals surface area contributed by atoms with Crippen LogP contribution in [0.5, 0.6) is 0 Å². The van der Waals surface area contributed by atoms with E-state index in [2.05, 4.69) is 36.3 Å². The van der Waals surface area contributed by atoms with Crippen LogP contribution in [0.15, 0.2) is 18.3 Å². The van der Waals surface area contributed by atoms with Gasteiger partial charge in [0.2, 0.25) is 0 Å². The number of aryl methyl sites for hydroxylation is 1. The summed E-state index contributed by atoms with van der Waals surface area (Å²) in [6, 6.07) is 4.74. The quantitative estimate of drug-likeness (QED) is 0.835. The maximum atomic E-state index is 4.40. The Morgan fingerprint density at radius 3 is 2.62 bits per heavy atom. The smallest absolute Gasteiger partial charge is 0.126 e. The minimum absolute atomic E-state index is 0.551. The Hall–Kier alpha value is -1.05. The van der Waals surface area contributed by atoms with Crippen molar-refractivity contribution in [3.63, 3.8) is 0 Å². The molecule has 1 fully saturated rings. The molecule has 0 aromatic carbocycles. The molecule has 0 spiro atoms. The molecule has 1 N–H and O–H groups in total. The lowest BCUT2D eigenvalue weighted by atomic mass is 9.84. The van der Waals surface area contributed by atoms with Gasteiger partial charge in [-0.05, 0) is 44.2 Å². The Morgan fingerprint density at radius 1 is 1.25 bits per heavy atom. The van der Waals surface area contributed by atoms with Crippen LogP contribution >= 0.6 is 0 Å². The van der Waals surface area contributed by atoms with E-state index in [9.17, 15) is 0 Å². The predicted octanol–water partition coefficient (Wildman–Crippen LogP) is 3.77. The molecule has 1 unspecified atom stereocenters. The molecule has 0 radical (unpaired) electrons. The third-order valence-electron chi connectivity index (χ3n) is 3.64. The molecule has 1 aromatic rings. The first-order valence-corrected chi connectivity index (χ1v) is 6.45. The van der Waals surface area contributed by atoms with Crippen molar-refractivity contribution < 1.29 is 0 Å². The predicted molar refractivity (Wildman–Crippen MR) is 68.6 cm³/mol. The van der Waals surface area contributed by atoms with Crippen LogP contribution in [0.2, 0.25) is 0 Å². The van der Waals surface area contributed by atoms with Crippen LogP contribution in [0.3, 0.4) is 0 Å². The van der Waals surface area contributed by atoms with Crippen molar-refractivity contribution in [1.29, 1.82) is 0 Å². The largest absolute Gasteiger partial charge is 0.367 e. The number of pyridine rings is 1. The first-order valence-electron chi connectivity index (χ1n) is 6.45. The van der Waals surface area contributed by atoms with Gasteiger partial charge in [-0.15, -0.1) is 0 Å². The Labute approximate surface area is 98.5 Å². The van der Waals surface area contributed by atoms with E-state index in [0.29, 0.717) is 6.04 Å². The van der Waals surface area contributed by atoms with E-state index in [1.54, 1.807) is 0 Å². The molecule has 1 heterocycles. The van der Waals surface area contributed by atoms with Gasteiger partial charge in [-0.25, -0.2) is 4.98 Å². The Morgan fingerprint density at radius 2 is 2.00 bits per heavy atom. The first-order chi connectivity index (χ1) is 7.75. The van der Waals surface area contributed by atoms with E-state index in [0.717, 1.165) is 11.7 Å². The second kappa shape index (κ2) is 5.33. The minimum atomic E-state index is 0.551. The lowest BCUT2D eigenvalue weighted by Crippen LogP contribution is -2.28. The van der Waals surface area contributed by atoms with Gasteiger partial charge in [0.25, 0.3) is 0 Å². The number of hydrogen-bond acceptors (Lipinski definition) is 2. The Bertz CT molecular complexity index is 312. The fourth-order valence-electron chi connectivity index (χ4n) is 2.54. The summed E-state index contributed by atoms with van der Waals surface area (Å²) >= 11 is 0. The van der Waals surface area contributed by atoms with E-state index in [4.69, 9.17) is 0 Å². The van der Waals surface area contributed by atoms with Crippen molar-refractivity contribution >= 4 is 5.82 Å². The van der Waals surface area contributed by atoms with Gasteiger partial charge in [-0.2, -0.15) is 0 Å². The Kier molecular flexibility index (Phi) is 3.81. The van der Waals surface area contributed by atoms with Crippen molar-refractivity contribution in [3.05, 3.63) is 23.9 Å². The number of nitrogens with zero attached hydrogens (tertiary/aromatic N) is 1. The molecule has 1 aliphatic carbocycles. The highest BCUT2D eigenvalue weighted by Crippen LogP contribution is 2.27. The van der Waals surface area contributed by atoms with Gasteiger partial charge in [-0.1, -0.05) is 25.3 Å². The molecule has 1 saturated carbocycles. The number of rotatable bonds is 3. The van der Waals surface area contributed by atoms with Gasteiger partial charge >= 0.3 is 0 Å². The van der Waals surface area contributed by atoms with Crippen LogP contribution in [0, 0.1) is 12.8 Å². The molecule has 2 nitrogen and oxygen atoms in total. The molecule has 0 amide bonds. The molecule has 2 rings (SSSR count). The van der Waals surface area contributed by atoms with Crippen molar-refractivity contribution in [3.8, 4) is 0 Å². The third-order valence-corrected chi connectivity index (χ3v) is 3.64. The molecule has 0 saturated heterocycles. The summed E-state index contributed by atoms with van der Waals surface area (Å²) in [4.78, 5) is 4.40. The van der Waals surface area contributed by atoms with Gasteiger partial charge in [0.15, 0.2) is 0 Å². The lowest BCUT2D eigenvalue weighted by molar-refractivity contribution is 0.328. The summed E-state index contributed by atoms with van der Waals surface area (Å²) in [5.74, 6) is 1.85. The summed E-state index contributed by atoms with van der Waals surface area (Å²) < 4.78 is 0. The number of anilines is 1. The van der Waals surface area contributed by atoms with E-state index < -0.39 is 0 Å². The maximum Gasteiger partial charge on any atom is 0.126 e. The molecular weight excluding hydrogens is 196 g/mol. The van der Waals surface area contributed by atoms with Crippen molar-refractivity contribution in [1.82, 2.24) is 4.98 Å². The van der Waals surface area contributed by atoms with Crippen LogP contribution in [0.1, 0.15) is 44.6 Å². The second-order valence-electron chi connectivity index (χ2n) is 5.05. The molecule has 1 atom stereocenters. The van der Waals surface area contributed by atoms with Crippen LogP contribution in [-0.2, 0) is 0 Å². The molecule has 88 valence electrons. The zero-order valence-electron chi connectivity index (χ0n) is 10.4. The van der Waals surface area contributed by atoms with Gasteiger partial charge in [-0.3, -0.25) is 0 Å². The topological polar surface area (TPSA) is 24.9 Å². The average molecular weight is 218 g/mol. The summed E-state index contributed by atoms with van der Waals surface area (Å²) in [6.45, 7) is 4.36. The van der Waals surface area contributed by atoms with Crippen LogP contribution in [0.25, 0.3) is 0 Å². The molecule has 2 heteroatoms. The van der Waals surface area contributed by atoms with E-state index in [1.165, 1.54) is 37.7 Å². The monoisotopic (exact) mass is 218 g/mol. The van der Waals surface area contributed by atoms with E-state index >= 15 is 0 Å². The van der Waals surface area contributed by atoms with Gasteiger partial charge in [0.1, 0.15) is 5.82 Å². The minimum Gasteiger partial charge on any atom is -0.367 e. The zero-order chi connectivity index (χ0) is 11.4. The molecular formula is C14H22N2. The zero-order valence-corrected chi connectivity index (χ0v) is 10.4. The van der Waals surface area contributed by atoms with Gasteiger partial charge in [0.05, 0.1) is 0 Å². The fraction of sp³-hybridized carbons (Fsp3) is 0.643. The number of hydrogen-bond donors (Lipinski definition) is 1. The molecule has 1 aliphatic rings. The lowest BCUT2D eigenvalue weighted by Gasteiger charge is -2.28. The van der Waals surface area contributed by atoms with Crippen molar-refractivity contribution in [2.45, 2.75) is 52.0 Å². The van der Waals surface area contributed by atoms with Gasteiger partial charge in [0, 0.05) is 12.2 Å². The molecule has 0 aliphatic heterocycles. The van der Waals surface area contributed by atoms with Crippen LogP contribution in [0.4, 0.5) is 5.82 Å². The fourth-order valence-corrected chi connectivity index (χ4v) is 2.54. The maximum absolute atomic E-state index is 4.40. The van der Waals surface area contributed by atoms with Gasteiger partial charge < -0.3 is 5.32 Å². The summed E-state index contributed by atoms with van der Waals surface area (Å²) in [7, 11) is 0. The summed E-state index contributed by atoms with van der Waals surface area (Å²) in [5, 5.41) is 3.53. The highest BCUT2D eigenvalue weighted by Gasteiger charge is 2.19. The molecule has 1 aromatic heterocycles. The van der Waals surface area contributed by atoms with E-state index in [1.807, 2.05) is 6.20 Å². The van der Waals surface area contributed by atoms with Crippen molar-refractivity contribution in [2.24, 2.45) is 5.92 Å². The molecule has 0 bridgehead atoms. The standard InChI is InChI=1S/C14H22N2/c1-11-8-9-14(15-10-11)16-12(2)13-6-4-3-5-7-13/h8-10,12-13H,3-7H2,1-2H3,(H,15,16). The molecule has 16 heavy (non-hydrogen) atoms. The van der Waals surface area contributed by atoms with E-state index in [-0.39, 0.29) is 0 Å². The third kappa shape index (κ3) is 2.97. The van der Waals surface area contributed by atoms with Crippen molar-refractivity contribution in [2.75, 3.05) is 5.32 Å². The number of nitrogens with one attached hydrogen (secondary N) is 1.